The Morgan fingerprint density at radius 1 is 1.43 bits per heavy atom. The lowest BCUT2D eigenvalue weighted by Crippen LogP contribution is -2.42. The predicted molar refractivity (Wildman–Crippen MR) is 85.6 cm³/mol. The molecular weight excluding hydrogens is 359 g/mol. The molecule has 7 heteroatoms. The van der Waals surface area contributed by atoms with Gasteiger partial charge in [0.25, 0.3) is 0 Å². The number of halogens is 3. The number of nitrogens with zero attached hydrogens (tertiary/aromatic N) is 4. The van der Waals surface area contributed by atoms with E-state index >= 15 is 0 Å². The average Bonchev–Trinajstić information content (AvgIpc) is 2.71. The minimum Gasteiger partial charge on any atom is -0.361 e. The summed E-state index contributed by atoms with van der Waals surface area (Å²) in [5, 5.41) is 0.213. The van der Waals surface area contributed by atoms with E-state index in [1.54, 1.807) is 12.1 Å². The van der Waals surface area contributed by atoms with Crippen molar-refractivity contribution in [2.45, 2.75) is 11.6 Å². The Hall–Kier alpha value is -1.27. The van der Waals surface area contributed by atoms with Crippen LogP contribution >= 0.6 is 27.5 Å². The van der Waals surface area contributed by atoms with Crippen molar-refractivity contribution in [1.29, 1.82) is 0 Å². The van der Waals surface area contributed by atoms with Gasteiger partial charge in [-0.3, -0.25) is 0 Å². The van der Waals surface area contributed by atoms with E-state index in [2.05, 4.69) is 30.7 Å². The number of hydrogen-bond donors (Lipinski definition) is 0. The largest absolute Gasteiger partial charge is 0.361 e. The number of hydrogen-bond acceptors (Lipinski definition) is 4. The fraction of sp³-hybridized carbons (Fsp3) is 0.357. The molecule has 0 spiro atoms. The van der Waals surface area contributed by atoms with Gasteiger partial charge in [-0.15, -0.1) is 0 Å². The average molecular weight is 374 g/mol. The normalized spacial score (nSPS) is 21.4. The fourth-order valence-corrected chi connectivity index (χ4v) is 3.35. The molecule has 4 nitrogen and oxygen atoms in total. The summed E-state index contributed by atoms with van der Waals surface area (Å²) in [6.07, 6.45) is 2.02. The van der Waals surface area contributed by atoms with E-state index in [4.69, 9.17) is 11.6 Å². The van der Waals surface area contributed by atoms with Gasteiger partial charge in [-0.25, -0.2) is 9.38 Å². The number of rotatable bonds is 2. The summed E-state index contributed by atoms with van der Waals surface area (Å²) in [5.41, 5.74) is 1.45. The molecule has 2 aliphatic rings. The van der Waals surface area contributed by atoms with Gasteiger partial charge in [-0.2, -0.15) is 0 Å². The second-order valence-corrected chi connectivity index (χ2v) is 6.43. The SMILES string of the molecule is CN1C=C2C(=NC(Br)N2Cc2c(F)cccc2Cl)N(C)C1. The molecule has 1 unspecified atom stereocenters. The van der Waals surface area contributed by atoms with Crippen LogP contribution < -0.4 is 0 Å². The summed E-state index contributed by atoms with van der Waals surface area (Å²) in [4.78, 5) is 10.7. The van der Waals surface area contributed by atoms with Crippen molar-refractivity contribution in [2.24, 2.45) is 4.99 Å². The van der Waals surface area contributed by atoms with E-state index in [0.29, 0.717) is 17.1 Å². The van der Waals surface area contributed by atoms with Gasteiger partial charge in [-0.05, 0) is 28.1 Å². The van der Waals surface area contributed by atoms with E-state index in [0.717, 1.165) is 18.2 Å². The molecule has 0 N–H and O–H groups in total. The maximum absolute atomic E-state index is 14.0. The minimum atomic E-state index is -0.297. The number of alkyl halides is 1. The standard InChI is InChI=1S/C14H15BrClFN4/c1-19-7-12-13(20(2)8-19)18-14(15)21(12)6-9-10(16)4-3-5-11(9)17/h3-5,7,14H,6,8H2,1-2H3. The lowest BCUT2D eigenvalue weighted by atomic mass is 10.2. The first kappa shape index (κ1) is 14.7. The lowest BCUT2D eigenvalue weighted by Gasteiger charge is -2.34. The molecule has 0 saturated heterocycles. The van der Waals surface area contributed by atoms with Gasteiger partial charge in [-0.1, -0.05) is 17.7 Å². The quantitative estimate of drug-likeness (QED) is 0.588. The number of amidine groups is 1. The summed E-state index contributed by atoms with van der Waals surface area (Å²) in [6.45, 7) is 1.14. The van der Waals surface area contributed by atoms with E-state index in [-0.39, 0.29) is 10.9 Å². The molecule has 1 aromatic carbocycles. The fourth-order valence-electron chi connectivity index (χ4n) is 2.57. The summed E-state index contributed by atoms with van der Waals surface area (Å²) >= 11 is 9.66. The number of likely N-dealkylation sites (N-methyl/N-ethyl adjacent to an activating group) is 1. The predicted octanol–water partition coefficient (Wildman–Crippen LogP) is 3.05. The van der Waals surface area contributed by atoms with Crippen LogP contribution in [0.1, 0.15) is 5.56 Å². The Bertz CT molecular complexity index is 613. The van der Waals surface area contributed by atoms with Crippen LogP contribution in [-0.4, -0.2) is 46.4 Å². The van der Waals surface area contributed by atoms with Gasteiger partial charge >= 0.3 is 0 Å². The molecule has 0 saturated carbocycles. The van der Waals surface area contributed by atoms with Crippen molar-refractivity contribution in [3.8, 4) is 0 Å². The van der Waals surface area contributed by atoms with E-state index < -0.39 is 0 Å². The van der Waals surface area contributed by atoms with Crippen molar-refractivity contribution in [3.63, 3.8) is 0 Å². The number of aliphatic imine (C=N–C) groups is 1. The Morgan fingerprint density at radius 3 is 2.90 bits per heavy atom. The summed E-state index contributed by atoms with van der Waals surface area (Å²) < 4.78 is 14.0. The highest BCUT2D eigenvalue weighted by atomic mass is 79.9. The second kappa shape index (κ2) is 5.50. The van der Waals surface area contributed by atoms with Crippen LogP contribution in [0.4, 0.5) is 4.39 Å². The van der Waals surface area contributed by atoms with Crippen molar-refractivity contribution in [3.05, 3.63) is 46.5 Å². The van der Waals surface area contributed by atoms with Gasteiger partial charge in [0.05, 0.1) is 18.9 Å². The molecule has 0 aromatic heterocycles. The van der Waals surface area contributed by atoms with Gasteiger partial charge in [0.1, 0.15) is 5.82 Å². The summed E-state index contributed by atoms with van der Waals surface area (Å²) in [7, 11) is 3.98. The van der Waals surface area contributed by atoms with Gasteiger partial charge in [0, 0.05) is 30.9 Å². The zero-order valence-electron chi connectivity index (χ0n) is 11.7. The van der Waals surface area contributed by atoms with Crippen LogP contribution in [0.5, 0.6) is 0 Å². The van der Waals surface area contributed by atoms with Crippen LogP contribution in [0.25, 0.3) is 0 Å². The van der Waals surface area contributed by atoms with Crippen molar-refractivity contribution < 1.29 is 4.39 Å². The molecule has 2 aliphatic heterocycles. The van der Waals surface area contributed by atoms with Crippen LogP contribution in [0.3, 0.4) is 0 Å². The van der Waals surface area contributed by atoms with Crippen LogP contribution in [0, 0.1) is 5.82 Å². The zero-order valence-corrected chi connectivity index (χ0v) is 14.1. The number of fused-ring (bicyclic) bond motifs is 1. The van der Waals surface area contributed by atoms with Gasteiger partial charge < -0.3 is 14.7 Å². The summed E-state index contributed by atoms with van der Waals surface area (Å²) in [5.74, 6) is 0.608. The highest BCUT2D eigenvalue weighted by Crippen LogP contribution is 2.32. The molecule has 2 heterocycles. The smallest absolute Gasteiger partial charge is 0.180 e. The Morgan fingerprint density at radius 2 is 2.19 bits per heavy atom. The topological polar surface area (TPSA) is 22.1 Å². The first-order valence-corrected chi connectivity index (χ1v) is 7.81. The highest BCUT2D eigenvalue weighted by Gasteiger charge is 2.34. The van der Waals surface area contributed by atoms with Gasteiger partial charge in [0.2, 0.25) is 0 Å². The van der Waals surface area contributed by atoms with Crippen molar-refractivity contribution in [2.75, 3.05) is 20.8 Å². The van der Waals surface area contributed by atoms with E-state index in [9.17, 15) is 4.39 Å². The Balaban J connectivity index is 1.93. The van der Waals surface area contributed by atoms with Crippen LogP contribution in [-0.2, 0) is 6.54 Å². The molecular formula is C14H15BrClFN4. The Kier molecular flexibility index (Phi) is 3.84. The maximum atomic E-state index is 14.0. The van der Waals surface area contributed by atoms with E-state index in [1.165, 1.54) is 6.07 Å². The Labute approximate surface area is 136 Å². The molecule has 0 bridgehead atoms. The number of benzene rings is 1. The monoisotopic (exact) mass is 372 g/mol. The molecule has 21 heavy (non-hydrogen) atoms. The first-order chi connectivity index (χ1) is 9.97. The molecule has 0 aliphatic carbocycles. The summed E-state index contributed by atoms with van der Waals surface area (Å²) in [6, 6.07) is 4.74. The molecule has 1 aromatic rings. The molecule has 1 atom stereocenters. The molecule has 112 valence electrons. The van der Waals surface area contributed by atoms with Crippen LogP contribution in [0.15, 0.2) is 35.1 Å². The van der Waals surface area contributed by atoms with Crippen molar-refractivity contribution in [1.82, 2.24) is 14.7 Å². The zero-order chi connectivity index (χ0) is 15.1. The van der Waals surface area contributed by atoms with Crippen molar-refractivity contribution >= 4 is 33.4 Å². The molecule has 0 fully saturated rings. The maximum Gasteiger partial charge on any atom is 0.180 e. The van der Waals surface area contributed by atoms with Crippen LogP contribution in [0.2, 0.25) is 5.02 Å². The molecule has 0 amide bonds. The minimum absolute atomic E-state index is 0.219. The van der Waals surface area contributed by atoms with E-state index in [1.807, 2.05) is 25.2 Å². The molecule has 3 rings (SSSR count). The first-order valence-electron chi connectivity index (χ1n) is 6.52. The molecule has 0 radical (unpaired) electrons. The van der Waals surface area contributed by atoms with Gasteiger partial charge in [0.15, 0.2) is 10.9 Å². The third-order valence-corrected chi connectivity index (χ3v) is 4.61. The highest BCUT2D eigenvalue weighted by molar-refractivity contribution is 9.09. The third-order valence-electron chi connectivity index (χ3n) is 3.55. The second-order valence-electron chi connectivity index (χ2n) is 5.20. The lowest BCUT2D eigenvalue weighted by molar-refractivity contribution is 0.280. The third kappa shape index (κ3) is 2.62.